The molecule has 160 valence electrons. The van der Waals surface area contributed by atoms with Gasteiger partial charge in [-0.2, -0.15) is 0 Å². The van der Waals surface area contributed by atoms with Crippen molar-refractivity contribution in [3.05, 3.63) is 53.5 Å². The van der Waals surface area contributed by atoms with Gasteiger partial charge >= 0.3 is 0 Å². The lowest BCUT2D eigenvalue weighted by molar-refractivity contribution is -0.131. The number of carbonyl (C=O) groups excluding carboxylic acids is 1. The minimum atomic E-state index is -0.657. The SMILES string of the molecule is Cc1ccc([C@H]2CN(C)C[C@@H]2NC(=O)C(C)(C)COc2ncccc2C2CC2)cn1. The van der Waals surface area contributed by atoms with E-state index in [-0.39, 0.29) is 17.9 Å². The lowest BCUT2D eigenvalue weighted by Gasteiger charge is -2.28. The van der Waals surface area contributed by atoms with Crippen LogP contribution in [0.1, 0.15) is 55.3 Å². The first-order valence-corrected chi connectivity index (χ1v) is 10.8. The van der Waals surface area contributed by atoms with Gasteiger partial charge < -0.3 is 15.0 Å². The molecule has 2 aromatic heterocycles. The van der Waals surface area contributed by atoms with Gasteiger partial charge in [0.15, 0.2) is 0 Å². The molecule has 1 saturated heterocycles. The van der Waals surface area contributed by atoms with Crippen LogP contribution in [0, 0.1) is 12.3 Å². The molecule has 1 aliphatic carbocycles. The van der Waals surface area contributed by atoms with Crippen molar-refractivity contribution in [2.45, 2.75) is 51.5 Å². The summed E-state index contributed by atoms with van der Waals surface area (Å²) in [6.07, 6.45) is 6.07. The highest BCUT2D eigenvalue weighted by Gasteiger charge is 2.37. The van der Waals surface area contributed by atoms with Crippen LogP contribution in [0.25, 0.3) is 0 Å². The summed E-state index contributed by atoms with van der Waals surface area (Å²) in [6.45, 7) is 7.89. The van der Waals surface area contributed by atoms with Gasteiger partial charge in [0.1, 0.15) is 6.61 Å². The van der Waals surface area contributed by atoms with Crippen LogP contribution in [-0.2, 0) is 4.79 Å². The standard InChI is InChI=1S/C24H32N4O2/c1-16-7-8-18(12-26-16)20-13-28(4)14-21(20)27-23(29)24(2,3)15-30-22-19(17-9-10-17)6-5-11-25-22/h5-8,11-12,17,20-21H,9-10,13-15H2,1-4H3,(H,27,29)/t20-,21+/m1/s1. The van der Waals surface area contributed by atoms with E-state index in [0.717, 1.165) is 24.3 Å². The average molecular weight is 409 g/mol. The van der Waals surface area contributed by atoms with Crippen molar-refractivity contribution in [1.29, 1.82) is 0 Å². The maximum absolute atomic E-state index is 13.2. The van der Waals surface area contributed by atoms with E-state index in [2.05, 4.69) is 39.4 Å². The Kier molecular flexibility index (Phi) is 5.78. The number of aromatic nitrogens is 2. The summed E-state index contributed by atoms with van der Waals surface area (Å²) in [5, 5.41) is 3.29. The number of amides is 1. The number of carbonyl (C=O) groups is 1. The van der Waals surface area contributed by atoms with Gasteiger partial charge in [0, 0.05) is 48.7 Å². The number of likely N-dealkylation sites (tertiary alicyclic amines) is 1. The first-order valence-electron chi connectivity index (χ1n) is 10.8. The summed E-state index contributed by atoms with van der Waals surface area (Å²) >= 11 is 0. The number of ether oxygens (including phenoxy) is 1. The van der Waals surface area contributed by atoms with E-state index < -0.39 is 5.41 Å². The van der Waals surface area contributed by atoms with E-state index in [1.807, 2.05) is 39.1 Å². The summed E-state index contributed by atoms with van der Waals surface area (Å²) in [7, 11) is 2.09. The van der Waals surface area contributed by atoms with E-state index in [0.29, 0.717) is 18.4 Å². The molecule has 2 atom stereocenters. The third-order valence-electron chi connectivity index (χ3n) is 6.18. The largest absolute Gasteiger partial charge is 0.476 e. The van der Waals surface area contributed by atoms with Crippen LogP contribution in [0.4, 0.5) is 0 Å². The molecule has 0 radical (unpaired) electrons. The zero-order valence-electron chi connectivity index (χ0n) is 18.4. The molecule has 0 spiro atoms. The van der Waals surface area contributed by atoms with Crippen molar-refractivity contribution in [3.8, 4) is 5.88 Å². The molecule has 2 aromatic rings. The molecule has 30 heavy (non-hydrogen) atoms. The van der Waals surface area contributed by atoms with Crippen LogP contribution in [0.3, 0.4) is 0 Å². The molecule has 1 saturated carbocycles. The Hall–Kier alpha value is -2.47. The Morgan fingerprint density at radius 1 is 1.23 bits per heavy atom. The van der Waals surface area contributed by atoms with Crippen LogP contribution >= 0.6 is 0 Å². The zero-order chi connectivity index (χ0) is 21.3. The quantitative estimate of drug-likeness (QED) is 0.762. The van der Waals surface area contributed by atoms with Crippen LogP contribution in [-0.4, -0.2) is 53.6 Å². The van der Waals surface area contributed by atoms with Gasteiger partial charge in [-0.25, -0.2) is 4.98 Å². The molecule has 2 aliphatic rings. The fourth-order valence-corrected chi connectivity index (χ4v) is 4.09. The number of hydrogen-bond acceptors (Lipinski definition) is 5. The molecule has 3 heterocycles. The van der Waals surface area contributed by atoms with E-state index in [1.54, 1.807) is 6.20 Å². The predicted octanol–water partition coefficient (Wildman–Crippen LogP) is 3.28. The molecule has 2 fully saturated rings. The van der Waals surface area contributed by atoms with E-state index >= 15 is 0 Å². The molecule has 1 N–H and O–H groups in total. The van der Waals surface area contributed by atoms with Gasteiger partial charge in [-0.1, -0.05) is 12.1 Å². The second kappa shape index (κ2) is 8.34. The Morgan fingerprint density at radius 2 is 2.03 bits per heavy atom. The fourth-order valence-electron chi connectivity index (χ4n) is 4.09. The Morgan fingerprint density at radius 3 is 2.73 bits per heavy atom. The molecular formula is C24H32N4O2. The summed E-state index contributed by atoms with van der Waals surface area (Å²) in [5.74, 6) is 1.48. The van der Waals surface area contributed by atoms with Gasteiger partial charge in [0.05, 0.1) is 5.41 Å². The first-order chi connectivity index (χ1) is 14.3. The van der Waals surface area contributed by atoms with Crippen LogP contribution in [0.5, 0.6) is 5.88 Å². The minimum absolute atomic E-state index is 0.0109. The molecule has 0 unspecified atom stereocenters. The maximum atomic E-state index is 13.2. The third-order valence-corrected chi connectivity index (χ3v) is 6.18. The van der Waals surface area contributed by atoms with E-state index in [9.17, 15) is 4.79 Å². The summed E-state index contributed by atoms with van der Waals surface area (Å²) in [5.41, 5.74) is 2.68. The highest BCUT2D eigenvalue weighted by molar-refractivity contribution is 5.82. The number of nitrogens with one attached hydrogen (secondary N) is 1. The Bertz CT molecular complexity index is 892. The number of pyridine rings is 2. The Labute approximate surface area is 179 Å². The van der Waals surface area contributed by atoms with Gasteiger partial charge in [-0.3, -0.25) is 9.78 Å². The Balaban J connectivity index is 1.40. The monoisotopic (exact) mass is 408 g/mol. The van der Waals surface area contributed by atoms with Crippen molar-refractivity contribution in [3.63, 3.8) is 0 Å². The highest BCUT2D eigenvalue weighted by atomic mass is 16.5. The summed E-state index contributed by atoms with van der Waals surface area (Å²) < 4.78 is 6.04. The molecule has 1 aliphatic heterocycles. The first kappa shape index (κ1) is 20.8. The minimum Gasteiger partial charge on any atom is -0.476 e. The normalized spacial score (nSPS) is 22.1. The fraction of sp³-hybridized carbons (Fsp3) is 0.542. The lowest BCUT2D eigenvalue weighted by atomic mass is 9.90. The maximum Gasteiger partial charge on any atom is 0.229 e. The van der Waals surface area contributed by atoms with Crippen molar-refractivity contribution in [2.75, 3.05) is 26.7 Å². The molecule has 0 bridgehead atoms. The van der Waals surface area contributed by atoms with Crippen LogP contribution in [0.2, 0.25) is 0 Å². The average Bonchev–Trinajstić information content (AvgIpc) is 3.50. The molecule has 0 aromatic carbocycles. The third kappa shape index (κ3) is 4.64. The van der Waals surface area contributed by atoms with Crippen LogP contribution in [0.15, 0.2) is 36.7 Å². The number of nitrogens with zero attached hydrogens (tertiary/aromatic N) is 3. The van der Waals surface area contributed by atoms with Gasteiger partial charge in [-0.05, 0) is 64.3 Å². The second-order valence-electron chi connectivity index (χ2n) is 9.49. The molecule has 6 nitrogen and oxygen atoms in total. The molecular weight excluding hydrogens is 376 g/mol. The predicted molar refractivity (Wildman–Crippen MR) is 117 cm³/mol. The molecule has 4 rings (SSSR count). The van der Waals surface area contributed by atoms with Crippen molar-refractivity contribution in [1.82, 2.24) is 20.2 Å². The van der Waals surface area contributed by atoms with Crippen molar-refractivity contribution >= 4 is 5.91 Å². The van der Waals surface area contributed by atoms with Crippen LogP contribution < -0.4 is 10.1 Å². The summed E-state index contributed by atoms with van der Waals surface area (Å²) in [4.78, 5) is 24.3. The topological polar surface area (TPSA) is 67.4 Å². The van der Waals surface area contributed by atoms with Gasteiger partial charge in [-0.15, -0.1) is 0 Å². The lowest BCUT2D eigenvalue weighted by Crippen LogP contribution is -2.48. The van der Waals surface area contributed by atoms with Crippen molar-refractivity contribution < 1.29 is 9.53 Å². The van der Waals surface area contributed by atoms with E-state index in [4.69, 9.17) is 4.74 Å². The van der Waals surface area contributed by atoms with Gasteiger partial charge in [0.25, 0.3) is 0 Å². The number of rotatable bonds is 7. The number of hydrogen-bond donors (Lipinski definition) is 1. The second-order valence-corrected chi connectivity index (χ2v) is 9.49. The zero-order valence-corrected chi connectivity index (χ0v) is 18.4. The van der Waals surface area contributed by atoms with Gasteiger partial charge in [0.2, 0.25) is 11.8 Å². The number of aryl methyl sites for hydroxylation is 1. The van der Waals surface area contributed by atoms with Crippen molar-refractivity contribution in [2.24, 2.45) is 5.41 Å². The molecule has 6 heteroatoms. The number of likely N-dealkylation sites (N-methyl/N-ethyl adjacent to an activating group) is 1. The highest BCUT2D eigenvalue weighted by Crippen LogP contribution is 2.43. The van der Waals surface area contributed by atoms with E-state index in [1.165, 1.54) is 18.4 Å². The molecule has 1 amide bonds. The summed E-state index contributed by atoms with van der Waals surface area (Å²) in [6, 6.07) is 8.26. The smallest absolute Gasteiger partial charge is 0.229 e.